The lowest BCUT2D eigenvalue weighted by molar-refractivity contribution is -0.154. The molecule has 2 amide bonds. The molecule has 0 aromatic heterocycles. The Kier molecular flexibility index (Phi) is 4.35. The third-order valence-electron chi connectivity index (χ3n) is 4.07. The summed E-state index contributed by atoms with van der Waals surface area (Å²) in [5.41, 5.74) is 1.41. The fraction of sp³-hybridized carbons (Fsp3) is 0.529. The first-order chi connectivity index (χ1) is 9.86. The number of carbonyl (C=O) groups is 2. The quantitative estimate of drug-likeness (QED) is 0.925. The maximum Gasteiger partial charge on any atom is 0.248 e. The van der Waals surface area contributed by atoms with Gasteiger partial charge >= 0.3 is 0 Å². The van der Waals surface area contributed by atoms with Crippen molar-refractivity contribution < 1.29 is 9.59 Å². The van der Waals surface area contributed by atoms with Crippen molar-refractivity contribution in [3.63, 3.8) is 0 Å². The van der Waals surface area contributed by atoms with E-state index in [9.17, 15) is 9.59 Å². The fourth-order valence-electron chi connectivity index (χ4n) is 2.80. The summed E-state index contributed by atoms with van der Waals surface area (Å²) in [5.74, 6) is -0.0566. The molecule has 1 aromatic rings. The largest absolute Gasteiger partial charge is 0.340 e. The number of nitrogens with zero attached hydrogens (tertiary/aromatic N) is 1. The van der Waals surface area contributed by atoms with Crippen LogP contribution >= 0.6 is 0 Å². The highest BCUT2D eigenvalue weighted by molar-refractivity contribution is 5.99. The van der Waals surface area contributed by atoms with Crippen molar-refractivity contribution >= 4 is 11.8 Å². The predicted octanol–water partition coefficient (Wildman–Crippen LogP) is 2.40. The smallest absolute Gasteiger partial charge is 0.248 e. The Hall–Kier alpha value is -1.84. The van der Waals surface area contributed by atoms with Gasteiger partial charge in [-0.3, -0.25) is 9.59 Å². The minimum atomic E-state index is -0.829. The average molecular weight is 288 g/mol. The Morgan fingerprint density at radius 3 is 2.52 bits per heavy atom. The van der Waals surface area contributed by atoms with E-state index in [1.807, 2.05) is 38.1 Å². The lowest BCUT2D eigenvalue weighted by atomic mass is 9.94. The third-order valence-corrected chi connectivity index (χ3v) is 4.07. The molecule has 1 N–H and O–H groups in total. The zero-order valence-corrected chi connectivity index (χ0v) is 13.3. The van der Waals surface area contributed by atoms with E-state index in [-0.39, 0.29) is 17.9 Å². The highest BCUT2D eigenvalue weighted by Crippen LogP contribution is 2.24. The number of rotatable bonds is 4. The van der Waals surface area contributed by atoms with Gasteiger partial charge < -0.3 is 10.2 Å². The summed E-state index contributed by atoms with van der Waals surface area (Å²) in [5, 5.41) is 2.84. The lowest BCUT2D eigenvalue weighted by Gasteiger charge is -2.43. The molecule has 4 nitrogen and oxygen atoms in total. The molecule has 1 saturated heterocycles. The second-order valence-electron chi connectivity index (χ2n) is 6.28. The van der Waals surface area contributed by atoms with Crippen LogP contribution in [0, 0.1) is 6.92 Å². The number of benzene rings is 1. The van der Waals surface area contributed by atoms with Crippen LogP contribution in [-0.4, -0.2) is 28.3 Å². The SMILES string of the molecule is CCCC1C(=O)NC(C)(C)C(=O)N1Cc1ccccc1C. The van der Waals surface area contributed by atoms with E-state index >= 15 is 0 Å². The second kappa shape index (κ2) is 5.88. The monoisotopic (exact) mass is 288 g/mol. The van der Waals surface area contributed by atoms with Crippen LogP contribution in [0.5, 0.6) is 0 Å². The van der Waals surface area contributed by atoms with Crippen molar-refractivity contribution in [2.75, 3.05) is 0 Å². The van der Waals surface area contributed by atoms with E-state index < -0.39 is 5.54 Å². The van der Waals surface area contributed by atoms with Gasteiger partial charge in [0.25, 0.3) is 0 Å². The first kappa shape index (κ1) is 15.5. The van der Waals surface area contributed by atoms with E-state index in [1.54, 1.807) is 18.7 Å². The second-order valence-corrected chi connectivity index (χ2v) is 6.28. The zero-order chi connectivity index (χ0) is 15.6. The summed E-state index contributed by atoms with van der Waals surface area (Å²) in [6.07, 6.45) is 1.57. The molecule has 4 heteroatoms. The van der Waals surface area contributed by atoms with Gasteiger partial charge in [-0.15, -0.1) is 0 Å². The van der Waals surface area contributed by atoms with Gasteiger partial charge in [-0.1, -0.05) is 37.6 Å². The normalized spacial score (nSPS) is 21.3. The summed E-state index contributed by atoms with van der Waals surface area (Å²) >= 11 is 0. The highest BCUT2D eigenvalue weighted by atomic mass is 16.2. The van der Waals surface area contributed by atoms with Gasteiger partial charge in [0.05, 0.1) is 0 Å². The number of hydrogen-bond acceptors (Lipinski definition) is 2. The number of nitrogens with one attached hydrogen (secondary N) is 1. The van der Waals surface area contributed by atoms with Crippen LogP contribution in [0.25, 0.3) is 0 Å². The molecular weight excluding hydrogens is 264 g/mol. The number of piperazine rings is 1. The molecule has 0 aliphatic carbocycles. The summed E-state index contributed by atoms with van der Waals surface area (Å²) in [4.78, 5) is 26.8. The van der Waals surface area contributed by atoms with Crippen molar-refractivity contribution in [2.24, 2.45) is 0 Å². The van der Waals surface area contributed by atoms with Crippen LogP contribution < -0.4 is 5.32 Å². The van der Waals surface area contributed by atoms with Crippen LogP contribution in [0.15, 0.2) is 24.3 Å². The molecule has 1 atom stereocenters. The Balaban J connectivity index is 2.32. The summed E-state index contributed by atoms with van der Waals surface area (Å²) in [7, 11) is 0. The minimum Gasteiger partial charge on any atom is -0.340 e. The molecule has 1 aliphatic rings. The van der Waals surface area contributed by atoms with E-state index in [2.05, 4.69) is 5.32 Å². The highest BCUT2D eigenvalue weighted by Gasteiger charge is 2.44. The molecule has 1 aromatic carbocycles. The van der Waals surface area contributed by atoms with Crippen molar-refractivity contribution in [2.45, 2.75) is 58.7 Å². The van der Waals surface area contributed by atoms with Crippen LogP contribution in [0.3, 0.4) is 0 Å². The van der Waals surface area contributed by atoms with E-state index in [1.165, 1.54) is 0 Å². The van der Waals surface area contributed by atoms with Gasteiger partial charge in [0.1, 0.15) is 11.6 Å². The Labute approximate surface area is 126 Å². The maximum absolute atomic E-state index is 12.7. The van der Waals surface area contributed by atoms with E-state index in [4.69, 9.17) is 0 Å². The molecule has 1 fully saturated rings. The predicted molar refractivity (Wildman–Crippen MR) is 82.6 cm³/mol. The van der Waals surface area contributed by atoms with Gasteiger partial charge in [0, 0.05) is 6.54 Å². The summed E-state index contributed by atoms with van der Waals surface area (Å²) in [6.45, 7) is 8.08. The lowest BCUT2D eigenvalue weighted by Crippen LogP contribution is -2.67. The molecule has 0 spiro atoms. The molecule has 21 heavy (non-hydrogen) atoms. The van der Waals surface area contributed by atoms with Crippen LogP contribution in [0.2, 0.25) is 0 Å². The molecule has 0 bridgehead atoms. The third kappa shape index (κ3) is 3.09. The van der Waals surface area contributed by atoms with Gasteiger partial charge in [0.2, 0.25) is 11.8 Å². The number of aryl methyl sites for hydroxylation is 1. The summed E-state index contributed by atoms with van der Waals surface area (Å²) in [6, 6.07) is 7.64. The van der Waals surface area contributed by atoms with Crippen LogP contribution in [0.1, 0.15) is 44.7 Å². The number of carbonyl (C=O) groups excluding carboxylic acids is 2. The van der Waals surface area contributed by atoms with E-state index in [0.29, 0.717) is 13.0 Å². The average Bonchev–Trinajstić information content (AvgIpc) is 2.42. The zero-order valence-electron chi connectivity index (χ0n) is 13.3. The number of amides is 2. The van der Waals surface area contributed by atoms with Crippen molar-refractivity contribution in [1.29, 1.82) is 0 Å². The van der Waals surface area contributed by atoms with Crippen LogP contribution in [0.4, 0.5) is 0 Å². The Bertz CT molecular complexity index is 551. The van der Waals surface area contributed by atoms with E-state index in [0.717, 1.165) is 17.5 Å². The van der Waals surface area contributed by atoms with Gasteiger partial charge in [0.15, 0.2) is 0 Å². The van der Waals surface area contributed by atoms with Gasteiger partial charge in [-0.25, -0.2) is 0 Å². The molecular formula is C17H24N2O2. The molecule has 0 radical (unpaired) electrons. The molecule has 2 rings (SSSR count). The van der Waals surface area contributed by atoms with Crippen molar-refractivity contribution in [3.8, 4) is 0 Å². The minimum absolute atomic E-state index is 0.0104. The summed E-state index contributed by atoms with van der Waals surface area (Å²) < 4.78 is 0. The topological polar surface area (TPSA) is 49.4 Å². The molecule has 1 aliphatic heterocycles. The van der Waals surface area contributed by atoms with Crippen LogP contribution in [-0.2, 0) is 16.1 Å². The molecule has 1 heterocycles. The first-order valence-electron chi connectivity index (χ1n) is 7.54. The fourth-order valence-corrected chi connectivity index (χ4v) is 2.80. The molecule has 114 valence electrons. The Morgan fingerprint density at radius 2 is 1.90 bits per heavy atom. The van der Waals surface area contributed by atoms with Gasteiger partial charge in [-0.2, -0.15) is 0 Å². The molecule has 0 saturated carbocycles. The van der Waals surface area contributed by atoms with Crippen molar-refractivity contribution in [1.82, 2.24) is 10.2 Å². The standard InChI is InChI=1S/C17H24N2O2/c1-5-8-14-15(20)18-17(3,4)16(21)19(14)11-13-10-7-6-9-12(13)2/h6-7,9-10,14H,5,8,11H2,1-4H3,(H,18,20). The van der Waals surface area contributed by atoms with Gasteiger partial charge in [-0.05, 0) is 38.3 Å². The van der Waals surface area contributed by atoms with Crippen molar-refractivity contribution in [3.05, 3.63) is 35.4 Å². The molecule has 1 unspecified atom stereocenters. The number of hydrogen-bond donors (Lipinski definition) is 1. The maximum atomic E-state index is 12.7. The Morgan fingerprint density at radius 1 is 1.24 bits per heavy atom. The first-order valence-corrected chi connectivity index (χ1v) is 7.54.